The number of amides is 1. The largest absolute Gasteiger partial charge is 0.381 e. The highest BCUT2D eigenvalue weighted by molar-refractivity contribution is 5.90. The summed E-state index contributed by atoms with van der Waals surface area (Å²) in [5, 5.41) is 3.14. The summed E-state index contributed by atoms with van der Waals surface area (Å²) in [5.74, 6) is -0.0807. The fourth-order valence-electron chi connectivity index (χ4n) is 2.02. The Morgan fingerprint density at radius 3 is 2.89 bits per heavy atom. The summed E-state index contributed by atoms with van der Waals surface area (Å²) < 4.78 is 10.9. The van der Waals surface area contributed by atoms with Gasteiger partial charge >= 0.3 is 0 Å². The number of hydrogen-bond donors (Lipinski definition) is 2. The van der Waals surface area contributed by atoms with Crippen molar-refractivity contribution in [2.45, 2.75) is 18.4 Å². The molecule has 1 fully saturated rings. The molecule has 0 radical (unpaired) electrons. The third-order valence-electron chi connectivity index (χ3n) is 3.32. The lowest BCUT2D eigenvalue weighted by atomic mass is 9.94. The summed E-state index contributed by atoms with van der Waals surface area (Å²) in [4.78, 5) is 19.0. The Bertz CT molecular complexity index is 446. The molecule has 1 saturated heterocycles. The Morgan fingerprint density at radius 1 is 1.53 bits per heavy atom. The van der Waals surface area contributed by atoms with E-state index in [1.807, 2.05) is 0 Å². The van der Waals surface area contributed by atoms with Crippen LogP contribution in [0.2, 0.25) is 0 Å². The molecule has 0 spiro atoms. The lowest BCUT2D eigenvalue weighted by molar-refractivity contribution is -0.0807. The average Bonchev–Trinajstić information content (AvgIpc) is 2.46. The summed E-state index contributed by atoms with van der Waals surface area (Å²) in [6.07, 6.45) is 4.53. The van der Waals surface area contributed by atoms with E-state index in [2.05, 4.69) is 15.3 Å². The van der Waals surface area contributed by atoms with Crippen LogP contribution in [-0.2, 0) is 9.47 Å². The summed E-state index contributed by atoms with van der Waals surface area (Å²) >= 11 is 0. The van der Waals surface area contributed by atoms with Crippen molar-refractivity contribution in [2.75, 3.05) is 32.2 Å². The van der Waals surface area contributed by atoms with Gasteiger partial charge in [-0.3, -0.25) is 9.78 Å². The number of anilines is 1. The molecular formula is C12H18N4O3. The van der Waals surface area contributed by atoms with Crippen LogP contribution in [0.25, 0.3) is 0 Å². The highest BCUT2D eigenvalue weighted by Gasteiger charge is 2.32. The van der Waals surface area contributed by atoms with Crippen molar-refractivity contribution in [3.63, 3.8) is 0 Å². The lowest BCUT2D eigenvalue weighted by Crippen LogP contribution is -2.44. The number of nitrogens with two attached hydrogens (primary N) is 1. The second kappa shape index (κ2) is 5.94. The number of aromatic nitrogens is 2. The van der Waals surface area contributed by atoms with Crippen LogP contribution in [0, 0.1) is 0 Å². The zero-order chi connectivity index (χ0) is 13.7. The van der Waals surface area contributed by atoms with Crippen molar-refractivity contribution in [1.29, 1.82) is 0 Å². The Balaban J connectivity index is 2.00. The van der Waals surface area contributed by atoms with Crippen LogP contribution < -0.4 is 11.1 Å². The molecule has 2 rings (SSSR count). The predicted octanol–water partition coefficient (Wildman–Crippen LogP) is 0.183. The molecule has 3 N–H and O–H groups in total. The first-order chi connectivity index (χ1) is 9.15. The monoisotopic (exact) mass is 266 g/mol. The van der Waals surface area contributed by atoms with E-state index < -0.39 is 5.91 Å². The van der Waals surface area contributed by atoms with Gasteiger partial charge in [0.15, 0.2) is 0 Å². The maximum atomic E-state index is 11.0. The van der Waals surface area contributed by atoms with E-state index in [0.29, 0.717) is 25.6 Å². The van der Waals surface area contributed by atoms with E-state index in [0.717, 1.165) is 12.8 Å². The summed E-state index contributed by atoms with van der Waals surface area (Å²) in [5.41, 5.74) is 5.04. The normalized spacial score (nSPS) is 17.9. The van der Waals surface area contributed by atoms with E-state index in [9.17, 15) is 4.79 Å². The number of rotatable bonds is 5. The fourth-order valence-corrected chi connectivity index (χ4v) is 2.02. The first-order valence-corrected chi connectivity index (χ1v) is 6.14. The van der Waals surface area contributed by atoms with E-state index in [4.69, 9.17) is 15.2 Å². The molecule has 0 aliphatic carbocycles. The summed E-state index contributed by atoms with van der Waals surface area (Å²) in [7, 11) is 1.69. The number of nitrogens with zero attached hydrogens (tertiary/aromatic N) is 2. The maximum Gasteiger partial charge on any atom is 0.268 e. The Labute approximate surface area is 111 Å². The zero-order valence-electron chi connectivity index (χ0n) is 10.9. The molecule has 1 aromatic rings. The molecule has 0 unspecified atom stereocenters. The molecule has 1 aliphatic heterocycles. The highest BCUT2D eigenvalue weighted by atomic mass is 16.5. The number of ether oxygens (including phenoxy) is 2. The van der Waals surface area contributed by atoms with Crippen molar-refractivity contribution < 1.29 is 14.3 Å². The Kier molecular flexibility index (Phi) is 4.28. The minimum absolute atomic E-state index is 0.142. The number of carbonyl (C=O) groups excluding carboxylic acids is 1. The second-order valence-electron chi connectivity index (χ2n) is 4.51. The molecule has 1 aromatic heterocycles. The molecule has 0 saturated carbocycles. The number of methoxy groups -OCH3 is 1. The van der Waals surface area contributed by atoms with Gasteiger partial charge in [0.1, 0.15) is 11.5 Å². The first kappa shape index (κ1) is 13.7. The van der Waals surface area contributed by atoms with Gasteiger partial charge in [-0.1, -0.05) is 0 Å². The van der Waals surface area contributed by atoms with Gasteiger partial charge in [-0.2, -0.15) is 0 Å². The topological polar surface area (TPSA) is 99.4 Å². The van der Waals surface area contributed by atoms with Crippen molar-refractivity contribution in [1.82, 2.24) is 9.97 Å². The molecule has 7 heteroatoms. The molecule has 104 valence electrons. The molecule has 1 aliphatic rings. The van der Waals surface area contributed by atoms with Crippen LogP contribution in [0.15, 0.2) is 12.4 Å². The van der Waals surface area contributed by atoms with Gasteiger partial charge in [0, 0.05) is 39.7 Å². The van der Waals surface area contributed by atoms with Crippen LogP contribution in [0.5, 0.6) is 0 Å². The SMILES string of the molecule is COC1(CNc2cncc(C(N)=O)n2)CCOCC1. The standard InChI is InChI=1S/C12H18N4O3/c1-18-12(2-4-19-5-3-12)8-15-10-7-14-6-9(16-10)11(13)17/h6-7H,2-5,8H2,1H3,(H2,13,17)(H,15,16). The summed E-state index contributed by atoms with van der Waals surface area (Å²) in [6, 6.07) is 0. The molecular weight excluding hydrogens is 248 g/mol. The van der Waals surface area contributed by atoms with Gasteiger partial charge in [-0.15, -0.1) is 0 Å². The Hall–Kier alpha value is -1.73. The molecule has 2 heterocycles. The minimum Gasteiger partial charge on any atom is -0.381 e. The number of hydrogen-bond acceptors (Lipinski definition) is 6. The lowest BCUT2D eigenvalue weighted by Gasteiger charge is -2.36. The fraction of sp³-hybridized carbons (Fsp3) is 0.583. The van der Waals surface area contributed by atoms with Gasteiger partial charge in [-0.05, 0) is 0 Å². The first-order valence-electron chi connectivity index (χ1n) is 6.14. The van der Waals surface area contributed by atoms with Crippen molar-refractivity contribution >= 4 is 11.7 Å². The number of primary amides is 1. The van der Waals surface area contributed by atoms with Gasteiger partial charge in [0.2, 0.25) is 0 Å². The van der Waals surface area contributed by atoms with Gasteiger partial charge in [0.25, 0.3) is 5.91 Å². The van der Waals surface area contributed by atoms with Crippen LogP contribution in [-0.4, -0.2) is 48.3 Å². The average molecular weight is 266 g/mol. The Morgan fingerprint density at radius 2 is 2.26 bits per heavy atom. The van der Waals surface area contributed by atoms with Crippen LogP contribution in [0.3, 0.4) is 0 Å². The van der Waals surface area contributed by atoms with Crippen LogP contribution >= 0.6 is 0 Å². The van der Waals surface area contributed by atoms with Crippen LogP contribution in [0.4, 0.5) is 5.82 Å². The van der Waals surface area contributed by atoms with E-state index >= 15 is 0 Å². The van der Waals surface area contributed by atoms with E-state index in [1.165, 1.54) is 6.20 Å². The van der Waals surface area contributed by atoms with Crippen LogP contribution in [0.1, 0.15) is 23.3 Å². The quantitative estimate of drug-likeness (QED) is 0.789. The van der Waals surface area contributed by atoms with Crippen molar-refractivity contribution in [3.8, 4) is 0 Å². The molecule has 19 heavy (non-hydrogen) atoms. The maximum absolute atomic E-state index is 11.0. The summed E-state index contributed by atoms with van der Waals surface area (Å²) in [6.45, 7) is 1.95. The third-order valence-corrected chi connectivity index (χ3v) is 3.32. The van der Waals surface area contributed by atoms with E-state index in [-0.39, 0.29) is 11.3 Å². The molecule has 0 bridgehead atoms. The molecule has 0 aromatic carbocycles. The highest BCUT2D eigenvalue weighted by Crippen LogP contribution is 2.24. The van der Waals surface area contributed by atoms with E-state index in [1.54, 1.807) is 13.3 Å². The van der Waals surface area contributed by atoms with Gasteiger partial charge in [-0.25, -0.2) is 4.98 Å². The molecule has 7 nitrogen and oxygen atoms in total. The van der Waals surface area contributed by atoms with Gasteiger partial charge in [0.05, 0.1) is 18.0 Å². The zero-order valence-corrected chi connectivity index (χ0v) is 10.9. The van der Waals surface area contributed by atoms with Crippen molar-refractivity contribution in [3.05, 3.63) is 18.1 Å². The molecule has 1 amide bonds. The predicted molar refractivity (Wildman–Crippen MR) is 68.8 cm³/mol. The van der Waals surface area contributed by atoms with Crippen molar-refractivity contribution in [2.24, 2.45) is 5.73 Å². The smallest absolute Gasteiger partial charge is 0.268 e. The number of carbonyl (C=O) groups is 1. The molecule has 0 atom stereocenters. The third kappa shape index (κ3) is 3.39. The second-order valence-corrected chi connectivity index (χ2v) is 4.51. The number of nitrogens with one attached hydrogen (secondary N) is 1. The van der Waals surface area contributed by atoms with Gasteiger partial charge < -0.3 is 20.5 Å². The minimum atomic E-state index is -0.594.